The van der Waals surface area contributed by atoms with E-state index in [9.17, 15) is 22.8 Å². The molecule has 0 N–H and O–H groups in total. The molecule has 3 aromatic rings. The molecule has 3 rings (SSSR count). The number of para-hydroxylation sites is 1. The highest BCUT2D eigenvalue weighted by Gasteiger charge is 2.31. The van der Waals surface area contributed by atoms with Gasteiger partial charge in [-0.3, -0.25) is 14.2 Å². The lowest BCUT2D eigenvalue weighted by Crippen LogP contribution is -2.44. The third kappa shape index (κ3) is 3.07. The van der Waals surface area contributed by atoms with Gasteiger partial charge in [-0.1, -0.05) is 23.7 Å². The van der Waals surface area contributed by atoms with E-state index in [2.05, 4.69) is 4.79 Å². The minimum Gasteiger partial charge on any atom is -0.360 e. The maximum atomic E-state index is 13.2. The molecule has 0 amide bonds. The van der Waals surface area contributed by atoms with Crippen LogP contribution < -0.4 is 16.5 Å². The molecular weight excluding hydrogens is 385 g/mol. The number of hydrogen-bond acceptors (Lipinski definition) is 2. The Morgan fingerprint density at radius 1 is 1.04 bits per heavy atom. The summed E-state index contributed by atoms with van der Waals surface area (Å²) in [6.07, 6.45) is -4.67. The maximum absolute atomic E-state index is 13.2. The van der Waals surface area contributed by atoms with E-state index in [0.717, 1.165) is 27.3 Å². The SMILES string of the molecule is Cn1c(=O)c(=[N+]=[N-])c(=O)n(-c2ccccc2Cl)c2cc(C(F)(F)F)ccc21. The highest BCUT2D eigenvalue weighted by Crippen LogP contribution is 2.31. The number of aryl methyl sites for hydroxylation is 1. The molecule has 0 unspecified atom stereocenters. The Kier molecular flexibility index (Phi) is 4.51. The topological polar surface area (TPSA) is 80.4 Å². The Bertz CT molecular complexity index is 1290. The summed E-state index contributed by atoms with van der Waals surface area (Å²) >= 11 is 6.12. The van der Waals surface area contributed by atoms with Gasteiger partial charge in [-0.05, 0) is 30.3 Å². The smallest absolute Gasteiger partial charge is 0.360 e. The lowest BCUT2D eigenvalue weighted by molar-refractivity contribution is -0.137. The Labute approximate surface area is 153 Å². The summed E-state index contributed by atoms with van der Waals surface area (Å²) in [6.45, 7) is 0. The summed E-state index contributed by atoms with van der Waals surface area (Å²) in [5.41, 5.74) is 5.87. The minimum absolute atomic E-state index is 0.0138. The molecule has 10 heteroatoms. The summed E-state index contributed by atoms with van der Waals surface area (Å²) in [5.74, 6) is 0. The van der Waals surface area contributed by atoms with Crippen LogP contribution in [0.5, 0.6) is 0 Å². The first-order valence-corrected chi connectivity index (χ1v) is 7.85. The normalized spacial score (nSPS) is 11.4. The third-order valence-corrected chi connectivity index (χ3v) is 4.33. The van der Waals surface area contributed by atoms with Crippen LogP contribution in [0.1, 0.15) is 5.56 Å². The highest BCUT2D eigenvalue weighted by molar-refractivity contribution is 6.32. The van der Waals surface area contributed by atoms with Crippen LogP contribution in [0.2, 0.25) is 5.02 Å². The van der Waals surface area contributed by atoms with Gasteiger partial charge in [-0.25, -0.2) is 0 Å². The fourth-order valence-electron chi connectivity index (χ4n) is 2.70. The number of rotatable bonds is 1. The molecule has 0 aliphatic carbocycles. The van der Waals surface area contributed by atoms with Crippen molar-refractivity contribution in [3.8, 4) is 5.69 Å². The fourth-order valence-corrected chi connectivity index (χ4v) is 2.92. The van der Waals surface area contributed by atoms with Gasteiger partial charge >= 0.3 is 22.7 Å². The Morgan fingerprint density at radius 3 is 2.30 bits per heavy atom. The average Bonchev–Trinajstić information content (AvgIpc) is 2.69. The van der Waals surface area contributed by atoms with Crippen LogP contribution in [0.3, 0.4) is 0 Å². The van der Waals surface area contributed by atoms with Gasteiger partial charge in [0.15, 0.2) is 0 Å². The van der Waals surface area contributed by atoms with Crippen molar-refractivity contribution in [1.29, 1.82) is 0 Å². The monoisotopic (exact) mass is 394 g/mol. The van der Waals surface area contributed by atoms with E-state index in [1.807, 2.05) is 0 Å². The van der Waals surface area contributed by atoms with E-state index in [0.29, 0.717) is 0 Å². The summed E-state index contributed by atoms with van der Waals surface area (Å²) in [4.78, 5) is 28.0. The summed E-state index contributed by atoms with van der Waals surface area (Å²) < 4.78 is 41.4. The molecule has 0 bridgehead atoms. The molecule has 0 spiro atoms. The summed E-state index contributed by atoms with van der Waals surface area (Å²) in [6, 6.07) is 8.51. The standard InChI is InChI=1S/C17H10ClF3N4O2/c1-24-12-7-6-9(17(19,20)21)8-13(12)25(11-5-3-2-4-10(11)18)16(27)14(23-22)15(24)26/h2-8H,1H3. The van der Waals surface area contributed by atoms with Crippen LogP contribution in [0.4, 0.5) is 13.2 Å². The largest absolute Gasteiger partial charge is 0.444 e. The molecule has 0 fully saturated rings. The maximum Gasteiger partial charge on any atom is 0.444 e. The summed E-state index contributed by atoms with van der Waals surface area (Å²) in [5, 5.41) is -0.800. The van der Waals surface area contributed by atoms with Crippen LogP contribution in [0.25, 0.3) is 22.3 Å². The zero-order valence-electron chi connectivity index (χ0n) is 13.7. The van der Waals surface area contributed by atoms with Crippen LogP contribution in [0, 0.1) is 0 Å². The van der Waals surface area contributed by atoms with Crippen LogP contribution in [0.15, 0.2) is 52.1 Å². The first-order chi connectivity index (χ1) is 12.7. The van der Waals surface area contributed by atoms with Crippen molar-refractivity contribution >= 4 is 22.6 Å². The van der Waals surface area contributed by atoms with Crippen molar-refractivity contribution in [3.05, 3.63) is 84.6 Å². The Hall–Kier alpha value is -3.16. The number of alkyl halides is 3. The highest BCUT2D eigenvalue weighted by atomic mass is 35.5. The van der Waals surface area contributed by atoms with Crippen molar-refractivity contribution < 1.29 is 18.0 Å². The second-order valence-electron chi connectivity index (χ2n) is 5.61. The number of benzene rings is 2. The molecule has 6 nitrogen and oxygen atoms in total. The molecule has 0 atom stereocenters. The fraction of sp³-hybridized carbons (Fsp3) is 0.118. The number of hydrogen-bond donors (Lipinski definition) is 0. The van der Waals surface area contributed by atoms with Crippen molar-refractivity contribution in [1.82, 2.24) is 9.13 Å². The van der Waals surface area contributed by atoms with Crippen LogP contribution >= 0.6 is 11.6 Å². The van der Waals surface area contributed by atoms with Crippen molar-refractivity contribution in [2.75, 3.05) is 0 Å². The number of fused-ring (bicyclic) bond motifs is 1. The van der Waals surface area contributed by atoms with E-state index in [4.69, 9.17) is 17.1 Å². The van der Waals surface area contributed by atoms with E-state index in [-0.39, 0.29) is 21.7 Å². The van der Waals surface area contributed by atoms with Gasteiger partial charge in [0.2, 0.25) is 0 Å². The average molecular weight is 395 g/mol. The zero-order chi connectivity index (χ0) is 19.9. The second-order valence-corrected chi connectivity index (χ2v) is 6.01. The van der Waals surface area contributed by atoms with Gasteiger partial charge in [0.25, 0.3) is 0 Å². The molecule has 0 saturated carbocycles. The Balaban J connectivity index is 2.74. The minimum atomic E-state index is -4.67. The lowest BCUT2D eigenvalue weighted by atomic mass is 10.1. The van der Waals surface area contributed by atoms with Gasteiger partial charge in [0.05, 0.1) is 27.3 Å². The molecule has 0 radical (unpaired) electrons. The molecule has 1 heterocycles. The van der Waals surface area contributed by atoms with E-state index >= 15 is 0 Å². The lowest BCUT2D eigenvalue weighted by Gasteiger charge is -2.12. The molecule has 27 heavy (non-hydrogen) atoms. The molecule has 2 aromatic carbocycles. The van der Waals surface area contributed by atoms with Gasteiger partial charge in [0, 0.05) is 7.05 Å². The van der Waals surface area contributed by atoms with Crippen LogP contribution in [-0.4, -0.2) is 13.9 Å². The van der Waals surface area contributed by atoms with Crippen molar-refractivity contribution in [2.45, 2.75) is 6.18 Å². The number of nitrogens with zero attached hydrogens (tertiary/aromatic N) is 4. The van der Waals surface area contributed by atoms with Gasteiger partial charge in [-0.15, -0.1) is 0 Å². The van der Waals surface area contributed by atoms with Gasteiger partial charge < -0.3 is 10.1 Å². The predicted molar refractivity (Wildman–Crippen MR) is 91.6 cm³/mol. The van der Waals surface area contributed by atoms with Crippen molar-refractivity contribution in [2.24, 2.45) is 7.05 Å². The zero-order valence-corrected chi connectivity index (χ0v) is 14.4. The Morgan fingerprint density at radius 2 is 1.70 bits per heavy atom. The molecule has 138 valence electrons. The van der Waals surface area contributed by atoms with E-state index in [1.54, 1.807) is 6.07 Å². The first kappa shape index (κ1) is 18.6. The second kappa shape index (κ2) is 6.53. The van der Waals surface area contributed by atoms with E-state index in [1.165, 1.54) is 25.2 Å². The number of aromatic nitrogens is 2. The predicted octanol–water partition coefficient (Wildman–Crippen LogP) is 2.49. The third-order valence-electron chi connectivity index (χ3n) is 4.01. The molecular formula is C17H10ClF3N4O2. The van der Waals surface area contributed by atoms with Crippen LogP contribution in [-0.2, 0) is 13.2 Å². The van der Waals surface area contributed by atoms with Crippen molar-refractivity contribution in [3.63, 3.8) is 0 Å². The number of halogens is 4. The van der Waals surface area contributed by atoms with E-state index < -0.39 is 28.2 Å². The molecule has 0 aliphatic rings. The van der Waals surface area contributed by atoms with Gasteiger partial charge in [-0.2, -0.15) is 18.0 Å². The molecule has 0 aliphatic heterocycles. The summed E-state index contributed by atoms with van der Waals surface area (Å²) in [7, 11) is 1.25. The quantitative estimate of drug-likeness (QED) is 0.469. The molecule has 0 saturated heterocycles. The first-order valence-electron chi connectivity index (χ1n) is 7.47. The van der Waals surface area contributed by atoms with Gasteiger partial charge in [0.1, 0.15) is 0 Å². The molecule has 1 aromatic heterocycles.